The topological polar surface area (TPSA) is 49.6 Å². The SMILES string of the molecule is O=C(NCCN1CCc2ccccc2C1)c1cn2ccccc2n1. The van der Waals surface area contributed by atoms with Gasteiger partial charge in [0.2, 0.25) is 0 Å². The number of carbonyl (C=O) groups is 1. The molecule has 2 aromatic heterocycles. The first-order valence-corrected chi connectivity index (χ1v) is 8.31. The highest BCUT2D eigenvalue weighted by molar-refractivity contribution is 5.92. The van der Waals surface area contributed by atoms with Crippen molar-refractivity contribution in [1.82, 2.24) is 19.6 Å². The van der Waals surface area contributed by atoms with Gasteiger partial charge in [-0.25, -0.2) is 4.98 Å². The largest absolute Gasteiger partial charge is 0.349 e. The molecule has 0 radical (unpaired) electrons. The van der Waals surface area contributed by atoms with Crippen molar-refractivity contribution >= 4 is 11.6 Å². The highest BCUT2D eigenvalue weighted by atomic mass is 16.1. The minimum Gasteiger partial charge on any atom is -0.349 e. The number of imidazole rings is 1. The van der Waals surface area contributed by atoms with Gasteiger partial charge >= 0.3 is 0 Å². The number of amides is 1. The fraction of sp³-hybridized carbons (Fsp3) is 0.263. The Bertz CT molecular complexity index is 837. The average Bonchev–Trinajstić information content (AvgIpc) is 3.06. The molecule has 5 heteroatoms. The summed E-state index contributed by atoms with van der Waals surface area (Å²) in [5, 5.41) is 2.97. The number of fused-ring (bicyclic) bond motifs is 2. The summed E-state index contributed by atoms with van der Waals surface area (Å²) in [5.41, 5.74) is 4.10. The van der Waals surface area contributed by atoms with Crippen molar-refractivity contribution in [3.63, 3.8) is 0 Å². The van der Waals surface area contributed by atoms with Crippen LogP contribution in [-0.2, 0) is 13.0 Å². The van der Waals surface area contributed by atoms with E-state index in [0.29, 0.717) is 12.2 Å². The zero-order valence-electron chi connectivity index (χ0n) is 13.5. The lowest BCUT2D eigenvalue weighted by Crippen LogP contribution is -2.37. The lowest BCUT2D eigenvalue weighted by molar-refractivity contribution is 0.0943. The van der Waals surface area contributed by atoms with Gasteiger partial charge in [-0.1, -0.05) is 30.3 Å². The first kappa shape index (κ1) is 14.9. The van der Waals surface area contributed by atoms with Gasteiger partial charge in [-0.2, -0.15) is 0 Å². The van der Waals surface area contributed by atoms with Gasteiger partial charge in [0.05, 0.1) is 0 Å². The van der Waals surface area contributed by atoms with Crippen molar-refractivity contribution in [2.24, 2.45) is 0 Å². The van der Waals surface area contributed by atoms with Gasteiger partial charge in [-0.05, 0) is 29.7 Å². The molecule has 0 aliphatic carbocycles. The molecule has 122 valence electrons. The third kappa shape index (κ3) is 3.03. The Balaban J connectivity index is 1.32. The second-order valence-corrected chi connectivity index (χ2v) is 6.14. The summed E-state index contributed by atoms with van der Waals surface area (Å²) < 4.78 is 1.86. The van der Waals surface area contributed by atoms with Crippen LogP contribution in [-0.4, -0.2) is 39.8 Å². The zero-order valence-corrected chi connectivity index (χ0v) is 13.5. The fourth-order valence-electron chi connectivity index (χ4n) is 3.21. The number of nitrogens with one attached hydrogen (secondary N) is 1. The van der Waals surface area contributed by atoms with Crippen molar-refractivity contribution in [3.8, 4) is 0 Å². The Morgan fingerprint density at radius 2 is 1.96 bits per heavy atom. The lowest BCUT2D eigenvalue weighted by atomic mass is 10.00. The van der Waals surface area contributed by atoms with Crippen molar-refractivity contribution in [3.05, 3.63) is 71.7 Å². The molecule has 3 heterocycles. The van der Waals surface area contributed by atoms with Gasteiger partial charge in [0.25, 0.3) is 5.91 Å². The third-order valence-corrected chi connectivity index (χ3v) is 4.52. The smallest absolute Gasteiger partial charge is 0.271 e. The van der Waals surface area contributed by atoms with Crippen LogP contribution >= 0.6 is 0 Å². The molecule has 1 aromatic carbocycles. The average molecular weight is 320 g/mol. The van der Waals surface area contributed by atoms with E-state index in [-0.39, 0.29) is 5.91 Å². The molecule has 0 saturated carbocycles. The summed E-state index contributed by atoms with van der Waals surface area (Å²) in [6.45, 7) is 3.49. The van der Waals surface area contributed by atoms with Gasteiger partial charge in [-0.3, -0.25) is 9.69 Å². The van der Waals surface area contributed by atoms with Crippen LogP contribution in [0.5, 0.6) is 0 Å². The molecule has 3 aromatic rings. The number of nitrogens with zero attached hydrogens (tertiary/aromatic N) is 3. The third-order valence-electron chi connectivity index (χ3n) is 4.52. The van der Waals surface area contributed by atoms with Crippen molar-refractivity contribution in [2.45, 2.75) is 13.0 Å². The van der Waals surface area contributed by atoms with Crippen LogP contribution in [0.1, 0.15) is 21.6 Å². The van der Waals surface area contributed by atoms with E-state index in [0.717, 1.165) is 31.7 Å². The van der Waals surface area contributed by atoms with Crippen molar-refractivity contribution in [1.29, 1.82) is 0 Å². The minimum absolute atomic E-state index is 0.115. The number of rotatable bonds is 4. The van der Waals surface area contributed by atoms with E-state index in [4.69, 9.17) is 0 Å². The van der Waals surface area contributed by atoms with Crippen molar-refractivity contribution < 1.29 is 4.79 Å². The quantitative estimate of drug-likeness (QED) is 0.801. The van der Waals surface area contributed by atoms with Gasteiger partial charge < -0.3 is 9.72 Å². The van der Waals surface area contributed by atoms with E-state index < -0.39 is 0 Å². The summed E-state index contributed by atoms with van der Waals surface area (Å²) in [7, 11) is 0. The van der Waals surface area contributed by atoms with E-state index in [1.165, 1.54) is 11.1 Å². The van der Waals surface area contributed by atoms with Crippen LogP contribution in [0.4, 0.5) is 0 Å². The molecule has 1 N–H and O–H groups in total. The molecule has 0 saturated heterocycles. The number of carbonyl (C=O) groups excluding carboxylic acids is 1. The monoisotopic (exact) mass is 320 g/mol. The number of hydrogen-bond donors (Lipinski definition) is 1. The van der Waals surface area contributed by atoms with Gasteiger partial charge in [0, 0.05) is 38.6 Å². The summed E-state index contributed by atoms with van der Waals surface area (Å²) in [6.07, 6.45) is 4.74. The molecule has 5 nitrogen and oxygen atoms in total. The zero-order chi connectivity index (χ0) is 16.4. The Kier molecular flexibility index (Phi) is 4.01. The Hall–Kier alpha value is -2.66. The maximum atomic E-state index is 12.2. The standard InChI is InChI=1S/C19H20N4O/c24-19(17-14-23-10-4-3-7-18(23)21-17)20-9-12-22-11-8-15-5-1-2-6-16(15)13-22/h1-7,10,14H,8-9,11-13H2,(H,20,24). The van der Waals surface area contributed by atoms with Gasteiger partial charge in [-0.15, -0.1) is 0 Å². The summed E-state index contributed by atoms with van der Waals surface area (Å²) in [6, 6.07) is 14.3. The number of aromatic nitrogens is 2. The number of benzene rings is 1. The van der Waals surface area contributed by atoms with Crippen molar-refractivity contribution in [2.75, 3.05) is 19.6 Å². The Morgan fingerprint density at radius 3 is 2.83 bits per heavy atom. The molecule has 0 bridgehead atoms. The molecule has 4 rings (SSSR count). The van der Waals surface area contributed by atoms with Gasteiger partial charge in [0.15, 0.2) is 0 Å². The van der Waals surface area contributed by atoms with E-state index in [1.807, 2.05) is 28.8 Å². The molecule has 1 aliphatic rings. The van der Waals surface area contributed by atoms with E-state index in [2.05, 4.69) is 39.5 Å². The highest BCUT2D eigenvalue weighted by Crippen LogP contribution is 2.17. The lowest BCUT2D eigenvalue weighted by Gasteiger charge is -2.28. The maximum Gasteiger partial charge on any atom is 0.271 e. The predicted molar refractivity (Wildman–Crippen MR) is 92.9 cm³/mol. The van der Waals surface area contributed by atoms with Crippen LogP contribution in [0.15, 0.2) is 54.9 Å². The molecule has 0 atom stereocenters. The van der Waals surface area contributed by atoms with E-state index in [9.17, 15) is 4.79 Å². The molecule has 1 aliphatic heterocycles. The Morgan fingerprint density at radius 1 is 1.12 bits per heavy atom. The molecule has 24 heavy (non-hydrogen) atoms. The van der Waals surface area contributed by atoms with Crippen LogP contribution in [0.2, 0.25) is 0 Å². The van der Waals surface area contributed by atoms with Gasteiger partial charge in [0.1, 0.15) is 11.3 Å². The highest BCUT2D eigenvalue weighted by Gasteiger charge is 2.16. The molecule has 0 unspecified atom stereocenters. The number of pyridine rings is 1. The predicted octanol–water partition coefficient (Wildman–Crippen LogP) is 2.12. The second kappa shape index (κ2) is 6.45. The summed E-state index contributed by atoms with van der Waals surface area (Å²) in [4.78, 5) is 19.0. The van der Waals surface area contributed by atoms with Crippen LogP contribution < -0.4 is 5.32 Å². The van der Waals surface area contributed by atoms with Crippen LogP contribution in [0, 0.1) is 0 Å². The molecular formula is C19H20N4O. The first-order valence-electron chi connectivity index (χ1n) is 8.31. The molecule has 1 amide bonds. The fourth-order valence-corrected chi connectivity index (χ4v) is 3.21. The molecule has 0 spiro atoms. The van der Waals surface area contributed by atoms with Crippen LogP contribution in [0.25, 0.3) is 5.65 Å². The second-order valence-electron chi connectivity index (χ2n) is 6.14. The first-order chi connectivity index (χ1) is 11.8. The number of hydrogen-bond acceptors (Lipinski definition) is 3. The molecule has 0 fully saturated rings. The molecular weight excluding hydrogens is 300 g/mol. The maximum absolute atomic E-state index is 12.2. The Labute approximate surface area is 140 Å². The van der Waals surface area contributed by atoms with E-state index >= 15 is 0 Å². The normalized spacial score (nSPS) is 14.5. The summed E-state index contributed by atoms with van der Waals surface area (Å²) >= 11 is 0. The minimum atomic E-state index is -0.115. The van der Waals surface area contributed by atoms with Crippen LogP contribution in [0.3, 0.4) is 0 Å². The van der Waals surface area contributed by atoms with E-state index in [1.54, 1.807) is 6.20 Å². The summed E-state index contributed by atoms with van der Waals surface area (Å²) in [5.74, 6) is -0.115.